The molecule has 1 rings (SSSR count). The molecule has 0 heterocycles. The number of aryl methyl sites for hydroxylation is 1. The molecule has 1 aromatic rings. The summed E-state index contributed by atoms with van der Waals surface area (Å²) >= 11 is 0. The van der Waals surface area contributed by atoms with E-state index in [1.54, 1.807) is 12.1 Å². The Balaban J connectivity index is 2.70. The van der Waals surface area contributed by atoms with Crippen molar-refractivity contribution in [1.29, 1.82) is 0 Å². The van der Waals surface area contributed by atoms with Crippen molar-refractivity contribution >= 4 is 23.6 Å². The number of hydrogen-bond acceptors (Lipinski definition) is 3. The van der Waals surface area contributed by atoms with Crippen LogP contribution in [-0.4, -0.2) is 29.1 Å². The fraction of sp³-hybridized carbons (Fsp3) is 0.308. The van der Waals surface area contributed by atoms with Crippen molar-refractivity contribution in [2.75, 3.05) is 5.32 Å². The summed E-state index contributed by atoms with van der Waals surface area (Å²) in [6.45, 7) is 1.94. The molecule has 0 aliphatic heterocycles. The molecule has 5 N–H and O–H groups in total. The number of benzene rings is 1. The second kappa shape index (κ2) is 7.13. The number of hydrogen-bond donors (Lipinski definition) is 4. The highest BCUT2D eigenvalue weighted by Gasteiger charge is 2.22. The topological polar surface area (TPSA) is 122 Å². The number of para-hydroxylation sites is 1. The van der Waals surface area contributed by atoms with E-state index in [-0.39, 0.29) is 0 Å². The normalized spacial score (nSPS) is 11.4. The summed E-state index contributed by atoms with van der Waals surface area (Å²) in [4.78, 5) is 33.4. The van der Waals surface area contributed by atoms with E-state index in [1.807, 2.05) is 19.1 Å². The largest absolute Gasteiger partial charge is 0.480 e. The van der Waals surface area contributed by atoms with Crippen LogP contribution in [0.25, 0.3) is 0 Å². The lowest BCUT2D eigenvalue weighted by atomic mass is 10.1. The number of rotatable bonds is 6. The molecule has 0 unspecified atom stereocenters. The van der Waals surface area contributed by atoms with Gasteiger partial charge in [0.2, 0.25) is 5.91 Å². The average molecular weight is 279 g/mol. The fourth-order valence-corrected chi connectivity index (χ4v) is 1.67. The van der Waals surface area contributed by atoms with Gasteiger partial charge in [0, 0.05) is 5.69 Å². The third-order valence-electron chi connectivity index (χ3n) is 2.66. The molecule has 0 spiro atoms. The van der Waals surface area contributed by atoms with E-state index >= 15 is 0 Å². The Morgan fingerprint density at radius 3 is 2.50 bits per heavy atom. The zero-order valence-electron chi connectivity index (χ0n) is 11.1. The van der Waals surface area contributed by atoms with Gasteiger partial charge in [-0.05, 0) is 18.1 Å². The lowest BCUT2D eigenvalue weighted by Gasteiger charge is -2.15. The number of urea groups is 1. The zero-order chi connectivity index (χ0) is 15.1. The third kappa shape index (κ3) is 4.60. The highest BCUT2D eigenvalue weighted by Crippen LogP contribution is 2.15. The number of carbonyl (C=O) groups is 3. The number of anilines is 1. The SMILES string of the molecule is CCc1ccccc1NC(=O)N[C@@H](CC(N)=O)C(=O)O. The molecule has 0 aliphatic carbocycles. The van der Waals surface area contributed by atoms with Gasteiger partial charge in [0.05, 0.1) is 6.42 Å². The van der Waals surface area contributed by atoms with E-state index in [9.17, 15) is 14.4 Å². The first-order valence-corrected chi connectivity index (χ1v) is 6.10. The zero-order valence-corrected chi connectivity index (χ0v) is 11.1. The van der Waals surface area contributed by atoms with Gasteiger partial charge in [0.1, 0.15) is 6.04 Å². The van der Waals surface area contributed by atoms with Crippen LogP contribution in [0.3, 0.4) is 0 Å². The molecule has 0 saturated heterocycles. The number of carboxylic acid groups (broad SMARTS) is 1. The third-order valence-corrected chi connectivity index (χ3v) is 2.66. The minimum absolute atomic E-state index is 0.460. The van der Waals surface area contributed by atoms with E-state index in [4.69, 9.17) is 10.8 Å². The predicted molar refractivity (Wildman–Crippen MR) is 73.2 cm³/mol. The van der Waals surface area contributed by atoms with Gasteiger partial charge in [-0.15, -0.1) is 0 Å². The number of amides is 3. The molecule has 0 bridgehead atoms. The fourth-order valence-electron chi connectivity index (χ4n) is 1.67. The van der Waals surface area contributed by atoms with Gasteiger partial charge in [-0.1, -0.05) is 25.1 Å². The highest BCUT2D eigenvalue weighted by atomic mass is 16.4. The first-order chi connectivity index (χ1) is 9.43. The van der Waals surface area contributed by atoms with Crippen LogP contribution in [0.15, 0.2) is 24.3 Å². The predicted octanol–water partition coefficient (Wildman–Crippen LogP) is 0.699. The Bertz CT molecular complexity index is 516. The second-order valence-corrected chi connectivity index (χ2v) is 4.17. The molecule has 0 saturated carbocycles. The average Bonchev–Trinajstić information content (AvgIpc) is 2.37. The quantitative estimate of drug-likeness (QED) is 0.612. The maximum atomic E-state index is 11.7. The molecule has 3 amide bonds. The summed E-state index contributed by atoms with van der Waals surface area (Å²) in [7, 11) is 0. The van der Waals surface area contributed by atoms with Crippen LogP contribution in [0, 0.1) is 0 Å². The minimum Gasteiger partial charge on any atom is -0.480 e. The number of nitrogens with one attached hydrogen (secondary N) is 2. The molecule has 7 heteroatoms. The van der Waals surface area contributed by atoms with Crippen molar-refractivity contribution in [3.63, 3.8) is 0 Å². The van der Waals surface area contributed by atoms with Crippen LogP contribution in [0.1, 0.15) is 18.9 Å². The van der Waals surface area contributed by atoms with Gasteiger partial charge >= 0.3 is 12.0 Å². The highest BCUT2D eigenvalue weighted by molar-refractivity contribution is 5.94. The molecular formula is C13H17N3O4. The van der Waals surface area contributed by atoms with Crippen molar-refractivity contribution in [1.82, 2.24) is 5.32 Å². The summed E-state index contributed by atoms with van der Waals surface area (Å²) in [5.41, 5.74) is 6.45. The molecule has 0 aromatic heterocycles. The molecule has 0 aliphatic rings. The Labute approximate surface area is 116 Å². The van der Waals surface area contributed by atoms with E-state index in [2.05, 4.69) is 10.6 Å². The van der Waals surface area contributed by atoms with Crippen LogP contribution >= 0.6 is 0 Å². The van der Waals surface area contributed by atoms with Crippen LogP contribution in [0.5, 0.6) is 0 Å². The lowest BCUT2D eigenvalue weighted by molar-refractivity contribution is -0.140. The van der Waals surface area contributed by atoms with E-state index in [1.165, 1.54) is 0 Å². The molecule has 108 valence electrons. The van der Waals surface area contributed by atoms with Crippen molar-refractivity contribution in [2.45, 2.75) is 25.8 Å². The van der Waals surface area contributed by atoms with Crippen LogP contribution < -0.4 is 16.4 Å². The van der Waals surface area contributed by atoms with Gasteiger partial charge in [-0.3, -0.25) is 4.79 Å². The van der Waals surface area contributed by atoms with Crippen molar-refractivity contribution in [3.8, 4) is 0 Å². The summed E-state index contributed by atoms with van der Waals surface area (Å²) in [5, 5.41) is 13.6. The molecule has 1 aromatic carbocycles. The summed E-state index contributed by atoms with van der Waals surface area (Å²) < 4.78 is 0. The Morgan fingerprint density at radius 1 is 1.30 bits per heavy atom. The number of carbonyl (C=O) groups excluding carboxylic acids is 2. The number of carboxylic acids is 1. The summed E-state index contributed by atoms with van der Waals surface area (Å²) in [6, 6.07) is 5.12. The monoisotopic (exact) mass is 279 g/mol. The standard InChI is InChI=1S/C13H17N3O4/c1-2-8-5-3-4-6-9(8)15-13(20)16-10(12(18)19)7-11(14)17/h3-6,10H,2,7H2,1H3,(H2,14,17)(H,18,19)(H2,15,16,20)/t10-/m0/s1. The van der Waals surface area contributed by atoms with E-state index in [0.717, 1.165) is 12.0 Å². The maximum Gasteiger partial charge on any atom is 0.326 e. The molecule has 1 atom stereocenters. The van der Waals surface area contributed by atoms with Crippen molar-refractivity contribution in [3.05, 3.63) is 29.8 Å². The van der Waals surface area contributed by atoms with Gasteiger partial charge in [0.15, 0.2) is 0 Å². The van der Waals surface area contributed by atoms with Crippen LogP contribution in [-0.2, 0) is 16.0 Å². The lowest BCUT2D eigenvalue weighted by Crippen LogP contribution is -2.45. The van der Waals surface area contributed by atoms with E-state index < -0.39 is 30.4 Å². The van der Waals surface area contributed by atoms with Gasteiger partial charge in [-0.2, -0.15) is 0 Å². The van der Waals surface area contributed by atoms with Gasteiger partial charge < -0.3 is 21.5 Å². The van der Waals surface area contributed by atoms with Gasteiger partial charge in [-0.25, -0.2) is 9.59 Å². The number of nitrogens with two attached hydrogens (primary N) is 1. The molecular weight excluding hydrogens is 262 g/mol. The molecule has 0 radical (unpaired) electrons. The number of aliphatic carboxylic acids is 1. The summed E-state index contributed by atoms with van der Waals surface area (Å²) in [5.74, 6) is -2.12. The van der Waals surface area contributed by atoms with Crippen LogP contribution in [0.2, 0.25) is 0 Å². The van der Waals surface area contributed by atoms with Crippen molar-refractivity contribution in [2.24, 2.45) is 5.73 Å². The molecule has 20 heavy (non-hydrogen) atoms. The van der Waals surface area contributed by atoms with Crippen molar-refractivity contribution < 1.29 is 19.5 Å². The van der Waals surface area contributed by atoms with Crippen LogP contribution in [0.4, 0.5) is 10.5 Å². The Morgan fingerprint density at radius 2 is 1.95 bits per heavy atom. The minimum atomic E-state index is -1.35. The Kier molecular flexibility index (Phi) is 5.52. The maximum absolute atomic E-state index is 11.7. The van der Waals surface area contributed by atoms with E-state index in [0.29, 0.717) is 5.69 Å². The first kappa shape index (κ1) is 15.5. The molecule has 7 nitrogen and oxygen atoms in total. The Hall–Kier alpha value is -2.57. The van der Waals surface area contributed by atoms with Gasteiger partial charge in [0.25, 0.3) is 0 Å². The molecule has 0 fully saturated rings. The first-order valence-electron chi connectivity index (χ1n) is 6.10. The smallest absolute Gasteiger partial charge is 0.326 e. The summed E-state index contributed by atoms with van der Waals surface area (Å²) in [6.07, 6.45) is 0.262. The number of primary amides is 1. The second-order valence-electron chi connectivity index (χ2n) is 4.17.